The molecule has 3 N–H and O–H groups in total. The van der Waals surface area contributed by atoms with E-state index >= 15 is 0 Å². The van der Waals surface area contributed by atoms with Crippen LogP contribution in [0.4, 0.5) is 0 Å². The van der Waals surface area contributed by atoms with Gasteiger partial charge in [-0.2, -0.15) is 0 Å². The number of amides is 1. The molecule has 1 aromatic rings. The Morgan fingerprint density at radius 1 is 1.24 bits per heavy atom. The molecule has 2 heterocycles. The fourth-order valence-electron chi connectivity index (χ4n) is 2.56. The van der Waals surface area contributed by atoms with Gasteiger partial charge in [0.15, 0.2) is 11.5 Å². The Labute approximate surface area is 123 Å². The van der Waals surface area contributed by atoms with E-state index in [1.54, 1.807) is 0 Å². The number of carbonyl (C=O) groups is 1. The van der Waals surface area contributed by atoms with Crippen molar-refractivity contribution in [3.05, 3.63) is 24.3 Å². The summed E-state index contributed by atoms with van der Waals surface area (Å²) in [5.74, 6) is 1.35. The van der Waals surface area contributed by atoms with Gasteiger partial charge in [-0.15, -0.1) is 0 Å². The lowest BCUT2D eigenvalue weighted by Crippen LogP contribution is -2.44. The second kappa shape index (κ2) is 6.32. The second-order valence-corrected chi connectivity index (χ2v) is 5.30. The highest BCUT2D eigenvalue weighted by atomic mass is 16.6. The van der Waals surface area contributed by atoms with Crippen LogP contribution in [-0.4, -0.2) is 43.9 Å². The minimum atomic E-state index is -0.393. The van der Waals surface area contributed by atoms with E-state index in [9.17, 15) is 4.79 Å². The van der Waals surface area contributed by atoms with E-state index in [4.69, 9.17) is 19.9 Å². The molecule has 21 heavy (non-hydrogen) atoms. The maximum absolute atomic E-state index is 12.0. The number of hydrogen-bond acceptors (Lipinski definition) is 5. The summed E-state index contributed by atoms with van der Waals surface area (Å²) in [6.07, 6.45) is 0.983. The van der Waals surface area contributed by atoms with Crippen LogP contribution < -0.4 is 20.5 Å². The van der Waals surface area contributed by atoms with Gasteiger partial charge in [-0.1, -0.05) is 12.1 Å². The number of para-hydroxylation sites is 2. The summed E-state index contributed by atoms with van der Waals surface area (Å²) in [5.41, 5.74) is 5.54. The zero-order chi connectivity index (χ0) is 14.7. The van der Waals surface area contributed by atoms with Crippen LogP contribution in [-0.2, 0) is 9.53 Å². The number of carbonyl (C=O) groups excluding carboxylic acids is 1. The van der Waals surface area contributed by atoms with Crippen molar-refractivity contribution >= 4 is 5.91 Å². The highest BCUT2D eigenvalue weighted by Crippen LogP contribution is 2.30. The van der Waals surface area contributed by atoms with Crippen molar-refractivity contribution in [2.24, 2.45) is 5.73 Å². The minimum Gasteiger partial charge on any atom is -0.486 e. The van der Waals surface area contributed by atoms with Gasteiger partial charge in [-0.05, 0) is 25.0 Å². The Kier molecular flexibility index (Phi) is 4.26. The van der Waals surface area contributed by atoms with Gasteiger partial charge < -0.3 is 25.3 Å². The fourth-order valence-corrected chi connectivity index (χ4v) is 2.56. The predicted molar refractivity (Wildman–Crippen MR) is 76.3 cm³/mol. The minimum absolute atomic E-state index is 0.00175. The molecule has 0 spiro atoms. The van der Waals surface area contributed by atoms with Crippen molar-refractivity contribution in [2.45, 2.75) is 31.2 Å². The van der Waals surface area contributed by atoms with Crippen molar-refractivity contribution in [3.63, 3.8) is 0 Å². The molecule has 3 atom stereocenters. The lowest BCUT2D eigenvalue weighted by molar-refractivity contribution is -0.132. The zero-order valence-electron chi connectivity index (χ0n) is 11.8. The molecule has 2 aliphatic rings. The van der Waals surface area contributed by atoms with Gasteiger partial charge in [-0.3, -0.25) is 4.79 Å². The van der Waals surface area contributed by atoms with Gasteiger partial charge in [0, 0.05) is 6.54 Å². The number of fused-ring (bicyclic) bond motifs is 1. The van der Waals surface area contributed by atoms with Crippen LogP contribution in [0.15, 0.2) is 24.3 Å². The maximum Gasteiger partial charge on any atom is 0.249 e. The largest absolute Gasteiger partial charge is 0.486 e. The van der Waals surface area contributed by atoms with Crippen LogP contribution in [0.25, 0.3) is 0 Å². The number of nitrogens with two attached hydrogens (primary N) is 1. The lowest BCUT2D eigenvalue weighted by Gasteiger charge is -2.26. The summed E-state index contributed by atoms with van der Waals surface area (Å²) in [6.45, 7) is 1.29. The summed E-state index contributed by atoms with van der Waals surface area (Å²) in [6, 6.07) is 7.51. The van der Waals surface area contributed by atoms with Crippen LogP contribution in [0, 0.1) is 0 Å². The van der Waals surface area contributed by atoms with Crippen molar-refractivity contribution in [1.29, 1.82) is 0 Å². The molecule has 1 fully saturated rings. The molecule has 1 aromatic carbocycles. The van der Waals surface area contributed by atoms with Crippen molar-refractivity contribution in [1.82, 2.24) is 5.32 Å². The summed E-state index contributed by atoms with van der Waals surface area (Å²) < 4.78 is 17.0. The molecule has 0 aliphatic carbocycles. The summed E-state index contributed by atoms with van der Waals surface area (Å²) in [4.78, 5) is 12.0. The van der Waals surface area contributed by atoms with Gasteiger partial charge in [-0.25, -0.2) is 0 Å². The van der Waals surface area contributed by atoms with Crippen molar-refractivity contribution in [3.8, 4) is 11.5 Å². The van der Waals surface area contributed by atoms with E-state index in [0.717, 1.165) is 18.6 Å². The molecule has 0 aromatic heterocycles. The standard InChI is InChI=1S/C15H20N2O4/c16-7-10-5-6-14(20-10)15(18)17-8-11-9-19-12-3-1-2-4-13(12)21-11/h1-4,10-11,14H,5-9,16H2,(H,17,18)/t10-,11?,14+/m1/s1. The quantitative estimate of drug-likeness (QED) is 0.842. The first-order chi connectivity index (χ1) is 10.3. The average Bonchev–Trinajstić information content (AvgIpc) is 3.01. The number of ether oxygens (including phenoxy) is 3. The molecule has 6 heteroatoms. The molecule has 3 rings (SSSR count). The number of hydrogen-bond donors (Lipinski definition) is 2. The fraction of sp³-hybridized carbons (Fsp3) is 0.533. The smallest absolute Gasteiger partial charge is 0.249 e. The van der Waals surface area contributed by atoms with Gasteiger partial charge in [0.1, 0.15) is 18.8 Å². The third kappa shape index (κ3) is 3.28. The van der Waals surface area contributed by atoms with E-state index in [1.807, 2.05) is 24.3 Å². The van der Waals surface area contributed by atoms with Gasteiger partial charge in [0.05, 0.1) is 12.6 Å². The van der Waals surface area contributed by atoms with Crippen molar-refractivity contribution < 1.29 is 19.0 Å². The number of nitrogens with one attached hydrogen (secondary N) is 1. The first-order valence-corrected chi connectivity index (χ1v) is 7.28. The average molecular weight is 292 g/mol. The molecule has 0 radical (unpaired) electrons. The summed E-state index contributed by atoms with van der Waals surface area (Å²) >= 11 is 0. The van der Waals surface area contributed by atoms with E-state index in [-0.39, 0.29) is 18.1 Å². The third-order valence-corrected chi connectivity index (χ3v) is 3.73. The van der Waals surface area contributed by atoms with Crippen LogP contribution >= 0.6 is 0 Å². The lowest BCUT2D eigenvalue weighted by atomic mass is 10.2. The van der Waals surface area contributed by atoms with Gasteiger partial charge >= 0.3 is 0 Å². The molecule has 1 amide bonds. The zero-order valence-corrected chi connectivity index (χ0v) is 11.8. The van der Waals surface area contributed by atoms with Gasteiger partial charge in [0.2, 0.25) is 5.91 Å². The predicted octanol–water partition coefficient (Wildman–Crippen LogP) is 0.449. The monoisotopic (exact) mass is 292 g/mol. The first kappa shape index (κ1) is 14.2. The molecular formula is C15H20N2O4. The SMILES string of the molecule is NC[C@H]1CC[C@@H](C(=O)NCC2COc3ccccc3O2)O1. The Morgan fingerprint density at radius 2 is 2.05 bits per heavy atom. The van der Waals surface area contributed by atoms with Crippen LogP contribution in [0.3, 0.4) is 0 Å². The molecule has 6 nitrogen and oxygen atoms in total. The summed E-state index contributed by atoms with van der Waals surface area (Å²) in [5, 5.41) is 2.86. The second-order valence-electron chi connectivity index (χ2n) is 5.30. The Hall–Kier alpha value is -1.79. The van der Waals surface area contributed by atoms with E-state index in [2.05, 4.69) is 5.32 Å². The summed E-state index contributed by atoms with van der Waals surface area (Å²) in [7, 11) is 0. The topological polar surface area (TPSA) is 82.8 Å². The molecule has 1 saturated heterocycles. The molecule has 0 bridgehead atoms. The van der Waals surface area contributed by atoms with E-state index < -0.39 is 6.10 Å². The highest BCUT2D eigenvalue weighted by molar-refractivity contribution is 5.81. The number of benzene rings is 1. The molecule has 114 valence electrons. The van der Waals surface area contributed by atoms with Crippen molar-refractivity contribution in [2.75, 3.05) is 19.7 Å². The van der Waals surface area contributed by atoms with Crippen LogP contribution in [0.1, 0.15) is 12.8 Å². The van der Waals surface area contributed by atoms with E-state index in [0.29, 0.717) is 25.4 Å². The number of rotatable bonds is 4. The molecular weight excluding hydrogens is 272 g/mol. The molecule has 2 aliphatic heterocycles. The molecule has 1 unspecified atom stereocenters. The maximum atomic E-state index is 12.0. The Morgan fingerprint density at radius 3 is 2.81 bits per heavy atom. The van der Waals surface area contributed by atoms with Crippen LogP contribution in [0.5, 0.6) is 11.5 Å². The molecule has 0 saturated carbocycles. The third-order valence-electron chi connectivity index (χ3n) is 3.73. The normalized spacial score (nSPS) is 27.4. The van der Waals surface area contributed by atoms with E-state index in [1.165, 1.54) is 0 Å². The highest BCUT2D eigenvalue weighted by Gasteiger charge is 2.30. The Bertz CT molecular complexity index is 508. The first-order valence-electron chi connectivity index (χ1n) is 7.28. The Balaban J connectivity index is 1.47. The van der Waals surface area contributed by atoms with Crippen LogP contribution in [0.2, 0.25) is 0 Å². The van der Waals surface area contributed by atoms with Gasteiger partial charge in [0.25, 0.3) is 0 Å².